The molecule has 13 nitrogen and oxygen atoms in total. The molecule has 3 aromatic carbocycles. The number of hydrazone groups is 1. The number of esters is 1. The van der Waals surface area contributed by atoms with Gasteiger partial charge < -0.3 is 24.3 Å². The zero-order valence-electron chi connectivity index (χ0n) is 20.4. The average molecular weight is 522 g/mol. The van der Waals surface area contributed by atoms with Crippen molar-refractivity contribution >= 4 is 35.4 Å². The van der Waals surface area contributed by atoms with Crippen LogP contribution in [0.1, 0.15) is 15.9 Å². The van der Waals surface area contributed by atoms with Gasteiger partial charge in [-0.2, -0.15) is 5.10 Å². The number of nitro benzene ring substituents is 1. The highest BCUT2D eigenvalue weighted by molar-refractivity contribution is 6.39. The summed E-state index contributed by atoms with van der Waals surface area (Å²) in [7, 11) is 4.20. The van der Waals surface area contributed by atoms with E-state index in [1.54, 1.807) is 12.1 Å². The van der Waals surface area contributed by atoms with Gasteiger partial charge in [0.2, 0.25) is 0 Å². The molecule has 13 heteroatoms. The second kappa shape index (κ2) is 12.5. The van der Waals surface area contributed by atoms with E-state index in [0.29, 0.717) is 17.1 Å². The molecule has 0 unspecified atom stereocenters. The van der Waals surface area contributed by atoms with Crippen LogP contribution in [-0.2, 0) is 9.59 Å². The van der Waals surface area contributed by atoms with Crippen LogP contribution in [0.25, 0.3) is 0 Å². The molecule has 0 atom stereocenters. The van der Waals surface area contributed by atoms with E-state index in [2.05, 4.69) is 15.8 Å². The molecule has 0 fully saturated rings. The van der Waals surface area contributed by atoms with Gasteiger partial charge in [-0.15, -0.1) is 0 Å². The van der Waals surface area contributed by atoms with Gasteiger partial charge in [0.15, 0.2) is 11.5 Å². The summed E-state index contributed by atoms with van der Waals surface area (Å²) in [5, 5.41) is 17.3. The first-order chi connectivity index (χ1) is 18.3. The monoisotopic (exact) mass is 522 g/mol. The number of rotatable bonds is 9. The Morgan fingerprint density at radius 3 is 2.26 bits per heavy atom. The molecule has 196 valence electrons. The molecule has 3 aromatic rings. The summed E-state index contributed by atoms with van der Waals surface area (Å²) in [4.78, 5) is 47.4. The maximum absolute atomic E-state index is 12.5. The second-order valence-corrected chi connectivity index (χ2v) is 7.29. The van der Waals surface area contributed by atoms with Crippen molar-refractivity contribution in [1.29, 1.82) is 0 Å². The fourth-order valence-electron chi connectivity index (χ4n) is 3.12. The Balaban J connectivity index is 1.66. The maximum Gasteiger partial charge on any atom is 0.350 e. The Morgan fingerprint density at radius 2 is 1.58 bits per heavy atom. The number of benzene rings is 3. The number of anilines is 1. The first kappa shape index (κ1) is 27.1. The molecule has 0 bridgehead atoms. The normalized spacial score (nSPS) is 10.4. The van der Waals surface area contributed by atoms with E-state index < -0.39 is 28.4 Å². The predicted octanol–water partition coefficient (Wildman–Crippen LogP) is 2.93. The molecule has 0 saturated carbocycles. The topological polar surface area (TPSA) is 168 Å². The Labute approximate surface area is 216 Å². The number of nitro groups is 1. The van der Waals surface area contributed by atoms with Crippen molar-refractivity contribution in [3.05, 3.63) is 81.9 Å². The number of carbonyl (C=O) groups excluding carboxylic acids is 3. The van der Waals surface area contributed by atoms with Crippen LogP contribution in [-0.4, -0.2) is 50.3 Å². The lowest BCUT2D eigenvalue weighted by molar-refractivity contribution is -0.385. The lowest BCUT2D eigenvalue weighted by Gasteiger charge is -2.11. The van der Waals surface area contributed by atoms with Gasteiger partial charge in [0, 0.05) is 12.1 Å². The molecule has 3 rings (SSSR count). The molecule has 0 saturated heterocycles. The van der Waals surface area contributed by atoms with Gasteiger partial charge >= 0.3 is 17.8 Å². The van der Waals surface area contributed by atoms with Crippen LogP contribution in [0.2, 0.25) is 0 Å². The largest absolute Gasteiger partial charge is 0.497 e. The number of ether oxygens (including phenoxy) is 4. The molecule has 0 aromatic heterocycles. The van der Waals surface area contributed by atoms with Crippen LogP contribution in [0, 0.1) is 10.1 Å². The van der Waals surface area contributed by atoms with Crippen molar-refractivity contribution in [1.82, 2.24) is 5.43 Å². The third-order valence-corrected chi connectivity index (χ3v) is 4.95. The number of nitrogens with zero attached hydrogens (tertiary/aromatic N) is 2. The fraction of sp³-hybridized carbons (Fsp3) is 0.120. The molecular formula is C25H22N4O9. The van der Waals surface area contributed by atoms with Crippen molar-refractivity contribution in [2.45, 2.75) is 0 Å². The minimum atomic E-state index is -1.05. The zero-order chi connectivity index (χ0) is 27.7. The van der Waals surface area contributed by atoms with Crippen LogP contribution in [0.5, 0.6) is 23.0 Å². The Hall–Kier alpha value is -5.46. The summed E-state index contributed by atoms with van der Waals surface area (Å²) in [5.74, 6) is -2.09. The van der Waals surface area contributed by atoms with E-state index in [4.69, 9.17) is 18.9 Å². The minimum absolute atomic E-state index is 0.00320. The second-order valence-electron chi connectivity index (χ2n) is 7.29. The molecule has 0 aliphatic rings. The van der Waals surface area contributed by atoms with Crippen molar-refractivity contribution in [2.75, 3.05) is 26.6 Å². The van der Waals surface area contributed by atoms with E-state index in [9.17, 15) is 24.5 Å². The molecule has 38 heavy (non-hydrogen) atoms. The van der Waals surface area contributed by atoms with Crippen LogP contribution in [0.3, 0.4) is 0 Å². The van der Waals surface area contributed by atoms with Gasteiger partial charge in [-0.3, -0.25) is 19.7 Å². The highest BCUT2D eigenvalue weighted by Gasteiger charge is 2.22. The van der Waals surface area contributed by atoms with Gasteiger partial charge in [-0.05, 0) is 42.0 Å². The van der Waals surface area contributed by atoms with E-state index >= 15 is 0 Å². The van der Waals surface area contributed by atoms with Crippen LogP contribution < -0.4 is 29.7 Å². The van der Waals surface area contributed by atoms with Gasteiger partial charge in [0.25, 0.3) is 5.69 Å². The van der Waals surface area contributed by atoms with E-state index in [-0.39, 0.29) is 22.7 Å². The van der Waals surface area contributed by atoms with Crippen molar-refractivity contribution in [3.63, 3.8) is 0 Å². The summed E-state index contributed by atoms with van der Waals surface area (Å²) in [6, 6.07) is 14.4. The minimum Gasteiger partial charge on any atom is -0.497 e. The first-order valence-electron chi connectivity index (χ1n) is 10.8. The molecule has 0 aliphatic carbocycles. The third-order valence-electron chi connectivity index (χ3n) is 4.95. The fourth-order valence-corrected chi connectivity index (χ4v) is 3.12. The summed E-state index contributed by atoms with van der Waals surface area (Å²) in [5.41, 5.74) is 2.12. The summed E-state index contributed by atoms with van der Waals surface area (Å²) < 4.78 is 20.8. The van der Waals surface area contributed by atoms with Gasteiger partial charge in [-0.1, -0.05) is 12.1 Å². The maximum atomic E-state index is 12.5. The Kier molecular flexibility index (Phi) is 8.91. The molecule has 0 spiro atoms. The third kappa shape index (κ3) is 6.60. The molecular weight excluding hydrogens is 500 g/mol. The van der Waals surface area contributed by atoms with E-state index in [0.717, 1.165) is 0 Å². The molecule has 0 heterocycles. The number of carbonyl (C=O) groups is 3. The summed E-state index contributed by atoms with van der Waals surface area (Å²) >= 11 is 0. The quantitative estimate of drug-likeness (QED) is 0.107. The van der Waals surface area contributed by atoms with Crippen molar-refractivity contribution in [2.24, 2.45) is 5.10 Å². The SMILES string of the molecule is COc1ccc(OC)c(NC(=O)C(=O)NN=Cc2ccc(OC(=O)c3ccccc3[N+](=O)[O-])c(OC)c2)c1. The molecule has 2 amide bonds. The number of amides is 2. The molecule has 0 radical (unpaired) electrons. The van der Waals surface area contributed by atoms with E-state index in [1.807, 2.05) is 0 Å². The Morgan fingerprint density at radius 1 is 0.868 bits per heavy atom. The van der Waals surface area contributed by atoms with Crippen LogP contribution in [0.15, 0.2) is 65.8 Å². The lowest BCUT2D eigenvalue weighted by Crippen LogP contribution is -2.32. The van der Waals surface area contributed by atoms with E-state index in [1.165, 1.54) is 76.1 Å². The summed E-state index contributed by atoms with van der Waals surface area (Å²) in [6.45, 7) is 0. The van der Waals surface area contributed by atoms with Crippen molar-refractivity contribution < 1.29 is 38.3 Å². The summed E-state index contributed by atoms with van der Waals surface area (Å²) in [6.07, 6.45) is 1.23. The zero-order valence-corrected chi connectivity index (χ0v) is 20.4. The number of hydrogen-bond donors (Lipinski definition) is 2. The lowest BCUT2D eigenvalue weighted by atomic mass is 10.2. The van der Waals surface area contributed by atoms with Crippen LogP contribution in [0.4, 0.5) is 11.4 Å². The van der Waals surface area contributed by atoms with Crippen LogP contribution >= 0.6 is 0 Å². The number of hydrogen-bond acceptors (Lipinski definition) is 10. The van der Waals surface area contributed by atoms with Crippen molar-refractivity contribution in [3.8, 4) is 23.0 Å². The Bertz CT molecular complexity index is 1410. The predicted molar refractivity (Wildman–Crippen MR) is 135 cm³/mol. The molecule has 0 aliphatic heterocycles. The van der Waals surface area contributed by atoms with Gasteiger partial charge in [-0.25, -0.2) is 10.2 Å². The number of methoxy groups -OCH3 is 3. The number of para-hydroxylation sites is 1. The smallest absolute Gasteiger partial charge is 0.350 e. The average Bonchev–Trinajstić information content (AvgIpc) is 2.93. The van der Waals surface area contributed by atoms with Gasteiger partial charge in [0.05, 0.1) is 38.2 Å². The molecule has 2 N–H and O–H groups in total. The van der Waals surface area contributed by atoms with Gasteiger partial charge in [0.1, 0.15) is 17.1 Å². The standard InChI is InChI=1S/C25H22N4O9/c1-35-16-9-11-20(36-2)18(13-16)27-23(30)24(31)28-26-14-15-8-10-21(22(12-15)37-3)38-25(32)17-6-4-5-7-19(17)29(33)34/h4-14H,1-3H3,(H,27,30)(H,28,31). The highest BCUT2D eigenvalue weighted by atomic mass is 16.6. The highest BCUT2D eigenvalue weighted by Crippen LogP contribution is 2.30. The first-order valence-corrected chi connectivity index (χ1v) is 10.8. The number of nitrogens with one attached hydrogen (secondary N) is 2.